The number of hydrogen-bond acceptors (Lipinski definition) is 6. The number of nitrogens with zero attached hydrogens (tertiary/aromatic N) is 3. The largest absolute Gasteiger partial charge is 0.486 e. The third-order valence-electron chi connectivity index (χ3n) is 4.85. The highest BCUT2D eigenvalue weighted by Crippen LogP contribution is 2.32. The Balaban J connectivity index is 1.33. The first kappa shape index (κ1) is 18.2. The van der Waals surface area contributed by atoms with Gasteiger partial charge in [-0.1, -0.05) is 24.2 Å². The van der Waals surface area contributed by atoms with Crippen LogP contribution in [0, 0.1) is 0 Å². The van der Waals surface area contributed by atoms with Gasteiger partial charge in [0.25, 0.3) is 0 Å². The van der Waals surface area contributed by atoms with Crippen LogP contribution in [0.15, 0.2) is 23.4 Å². The van der Waals surface area contributed by atoms with Crippen molar-refractivity contribution in [2.75, 3.05) is 19.0 Å². The summed E-state index contributed by atoms with van der Waals surface area (Å²) in [7, 11) is 0. The van der Waals surface area contributed by atoms with Gasteiger partial charge in [0.2, 0.25) is 5.91 Å². The van der Waals surface area contributed by atoms with E-state index in [1.54, 1.807) is 0 Å². The molecule has 0 radical (unpaired) electrons. The number of aryl methyl sites for hydroxylation is 1. The second-order valence-electron chi connectivity index (χ2n) is 6.84. The number of hydrogen-bond donors (Lipinski definition) is 1. The summed E-state index contributed by atoms with van der Waals surface area (Å²) in [6.45, 7) is 4.04. The minimum Gasteiger partial charge on any atom is -0.486 e. The fraction of sp³-hybridized carbons (Fsp3) is 0.526. The smallest absolute Gasteiger partial charge is 0.230 e. The molecule has 0 saturated carbocycles. The van der Waals surface area contributed by atoms with Crippen molar-refractivity contribution in [2.24, 2.45) is 0 Å². The molecule has 0 saturated heterocycles. The van der Waals surface area contributed by atoms with Crippen LogP contribution >= 0.6 is 11.8 Å². The minimum atomic E-state index is -0.107. The Bertz CT molecular complexity index is 823. The standard InChI is InChI=1S/C19H24N4O3S/c1-13(14-6-7-15-16(11-14)26-10-9-25-15)20-18(24)12-27-19-22-21-17-5-3-2-4-8-23(17)19/h6-7,11,13H,2-5,8-10,12H2,1H3,(H,20,24). The van der Waals surface area contributed by atoms with Gasteiger partial charge in [0.1, 0.15) is 19.0 Å². The maximum Gasteiger partial charge on any atom is 0.230 e. The van der Waals surface area contributed by atoms with E-state index in [0.717, 1.165) is 53.9 Å². The second kappa shape index (κ2) is 8.21. The fourth-order valence-electron chi connectivity index (χ4n) is 3.39. The van der Waals surface area contributed by atoms with Gasteiger partial charge >= 0.3 is 0 Å². The molecule has 27 heavy (non-hydrogen) atoms. The van der Waals surface area contributed by atoms with Crippen molar-refractivity contribution in [2.45, 2.75) is 50.4 Å². The number of amides is 1. The quantitative estimate of drug-likeness (QED) is 0.794. The molecule has 0 bridgehead atoms. The average molecular weight is 388 g/mol. The van der Waals surface area contributed by atoms with Crippen LogP contribution < -0.4 is 14.8 Å². The Morgan fingerprint density at radius 1 is 1.22 bits per heavy atom. The van der Waals surface area contributed by atoms with Crippen LogP contribution in [-0.4, -0.2) is 39.6 Å². The van der Waals surface area contributed by atoms with Crippen LogP contribution in [0.2, 0.25) is 0 Å². The average Bonchev–Trinajstić information content (AvgIpc) is 2.92. The van der Waals surface area contributed by atoms with Crippen LogP contribution in [0.25, 0.3) is 0 Å². The molecule has 0 spiro atoms. The number of thioether (sulfide) groups is 1. The van der Waals surface area contributed by atoms with Crippen LogP contribution in [0.4, 0.5) is 0 Å². The topological polar surface area (TPSA) is 78.3 Å². The normalized spacial score (nSPS) is 16.9. The molecule has 2 aliphatic heterocycles. The maximum absolute atomic E-state index is 12.4. The van der Waals surface area contributed by atoms with Gasteiger partial charge in [0.15, 0.2) is 16.7 Å². The Kier molecular flexibility index (Phi) is 5.52. The lowest BCUT2D eigenvalue weighted by atomic mass is 10.1. The minimum absolute atomic E-state index is 0.0200. The summed E-state index contributed by atoms with van der Waals surface area (Å²) in [4.78, 5) is 12.4. The molecule has 2 aliphatic rings. The van der Waals surface area contributed by atoms with E-state index in [1.807, 2.05) is 25.1 Å². The van der Waals surface area contributed by atoms with E-state index in [2.05, 4.69) is 20.1 Å². The van der Waals surface area contributed by atoms with E-state index in [-0.39, 0.29) is 11.9 Å². The van der Waals surface area contributed by atoms with Gasteiger partial charge in [0, 0.05) is 13.0 Å². The van der Waals surface area contributed by atoms with E-state index in [9.17, 15) is 4.79 Å². The van der Waals surface area contributed by atoms with E-state index in [0.29, 0.717) is 19.0 Å². The Morgan fingerprint density at radius 2 is 2.07 bits per heavy atom. The fourth-order valence-corrected chi connectivity index (χ4v) is 4.19. The molecule has 1 amide bonds. The van der Waals surface area contributed by atoms with Crippen molar-refractivity contribution < 1.29 is 14.3 Å². The van der Waals surface area contributed by atoms with Crippen LogP contribution in [0.1, 0.15) is 43.6 Å². The van der Waals surface area contributed by atoms with E-state index < -0.39 is 0 Å². The Hall–Kier alpha value is -2.22. The van der Waals surface area contributed by atoms with Crippen molar-refractivity contribution in [3.05, 3.63) is 29.6 Å². The zero-order chi connectivity index (χ0) is 18.6. The number of ether oxygens (including phenoxy) is 2. The molecule has 2 aromatic rings. The third-order valence-corrected chi connectivity index (χ3v) is 5.82. The number of carbonyl (C=O) groups is 1. The van der Waals surface area contributed by atoms with Gasteiger partial charge < -0.3 is 19.4 Å². The van der Waals surface area contributed by atoms with E-state index >= 15 is 0 Å². The molecule has 4 rings (SSSR count). The summed E-state index contributed by atoms with van der Waals surface area (Å²) in [5.74, 6) is 2.84. The van der Waals surface area contributed by atoms with Gasteiger partial charge in [-0.2, -0.15) is 0 Å². The summed E-state index contributed by atoms with van der Waals surface area (Å²) < 4.78 is 13.3. The van der Waals surface area contributed by atoms with Gasteiger partial charge in [-0.25, -0.2) is 0 Å². The lowest BCUT2D eigenvalue weighted by Gasteiger charge is -2.21. The molecule has 144 valence electrons. The Labute approximate surface area is 162 Å². The van der Waals surface area contributed by atoms with Crippen molar-refractivity contribution >= 4 is 17.7 Å². The maximum atomic E-state index is 12.4. The molecule has 1 aromatic carbocycles. The van der Waals surface area contributed by atoms with Crippen molar-refractivity contribution in [1.82, 2.24) is 20.1 Å². The molecule has 1 aromatic heterocycles. The van der Waals surface area contributed by atoms with Gasteiger partial charge in [-0.15, -0.1) is 10.2 Å². The highest BCUT2D eigenvalue weighted by atomic mass is 32.2. The summed E-state index contributed by atoms with van der Waals surface area (Å²) in [5.41, 5.74) is 0.994. The predicted octanol–water partition coefficient (Wildman–Crippen LogP) is 2.75. The first-order valence-corrected chi connectivity index (χ1v) is 10.4. The molecular formula is C19H24N4O3S. The summed E-state index contributed by atoms with van der Waals surface area (Å²) >= 11 is 1.45. The Morgan fingerprint density at radius 3 is 2.96 bits per heavy atom. The van der Waals surface area contributed by atoms with Crippen molar-refractivity contribution in [3.8, 4) is 11.5 Å². The monoisotopic (exact) mass is 388 g/mol. The lowest BCUT2D eigenvalue weighted by molar-refractivity contribution is -0.119. The molecule has 3 heterocycles. The molecule has 1 N–H and O–H groups in total. The van der Waals surface area contributed by atoms with Crippen molar-refractivity contribution in [1.29, 1.82) is 0 Å². The molecule has 0 fully saturated rings. The predicted molar refractivity (Wildman–Crippen MR) is 102 cm³/mol. The third kappa shape index (κ3) is 4.21. The number of aromatic nitrogens is 3. The summed E-state index contributed by atoms with van der Waals surface area (Å²) in [6.07, 6.45) is 4.50. The molecule has 1 atom stereocenters. The number of rotatable bonds is 5. The second-order valence-corrected chi connectivity index (χ2v) is 7.78. The number of nitrogens with one attached hydrogen (secondary N) is 1. The highest BCUT2D eigenvalue weighted by molar-refractivity contribution is 7.99. The summed E-state index contributed by atoms with van der Waals surface area (Å²) in [6, 6.07) is 5.69. The number of fused-ring (bicyclic) bond motifs is 2. The van der Waals surface area contributed by atoms with Gasteiger partial charge in [0.05, 0.1) is 11.8 Å². The SMILES string of the molecule is CC(NC(=O)CSc1nnc2n1CCCCC2)c1ccc2c(c1)OCCO2. The highest BCUT2D eigenvalue weighted by Gasteiger charge is 2.18. The zero-order valence-corrected chi connectivity index (χ0v) is 16.3. The van der Waals surface area contributed by atoms with Crippen LogP contribution in [0.5, 0.6) is 11.5 Å². The molecule has 0 aliphatic carbocycles. The lowest BCUT2D eigenvalue weighted by Crippen LogP contribution is -2.28. The van der Waals surface area contributed by atoms with Crippen LogP contribution in [0.3, 0.4) is 0 Å². The first-order chi connectivity index (χ1) is 13.2. The molecular weight excluding hydrogens is 364 g/mol. The molecule has 7 nitrogen and oxygen atoms in total. The van der Waals surface area contributed by atoms with E-state index in [4.69, 9.17) is 9.47 Å². The molecule has 8 heteroatoms. The van der Waals surface area contributed by atoms with Crippen molar-refractivity contribution in [3.63, 3.8) is 0 Å². The van der Waals surface area contributed by atoms with Gasteiger partial charge in [-0.05, 0) is 37.5 Å². The summed E-state index contributed by atoms with van der Waals surface area (Å²) in [5, 5.41) is 12.4. The van der Waals surface area contributed by atoms with Gasteiger partial charge in [-0.3, -0.25) is 4.79 Å². The zero-order valence-electron chi connectivity index (χ0n) is 15.4. The first-order valence-electron chi connectivity index (χ1n) is 9.44. The number of benzene rings is 1. The van der Waals surface area contributed by atoms with Crippen LogP contribution in [-0.2, 0) is 17.8 Å². The molecule has 1 unspecified atom stereocenters. The van der Waals surface area contributed by atoms with E-state index in [1.165, 1.54) is 18.2 Å². The number of carbonyl (C=O) groups excluding carboxylic acids is 1.